The van der Waals surface area contributed by atoms with E-state index in [9.17, 15) is 4.39 Å². The van der Waals surface area contributed by atoms with Crippen molar-refractivity contribution >= 4 is 35.6 Å². The fourth-order valence-corrected chi connectivity index (χ4v) is 3.00. The zero-order valence-electron chi connectivity index (χ0n) is 18.3. The number of ether oxygens (including phenoxy) is 4. The molecule has 9 heteroatoms. The highest BCUT2D eigenvalue weighted by Gasteiger charge is 2.11. The Balaban J connectivity index is 0.00000363. The normalized spacial score (nSPS) is 13.1. The van der Waals surface area contributed by atoms with Crippen LogP contribution in [0, 0.1) is 5.82 Å². The minimum atomic E-state index is -0.232. The van der Waals surface area contributed by atoms with Gasteiger partial charge in [0.25, 0.3) is 0 Å². The van der Waals surface area contributed by atoms with Crippen molar-refractivity contribution in [3.63, 3.8) is 0 Å². The van der Waals surface area contributed by atoms with Crippen LogP contribution in [0.3, 0.4) is 0 Å². The molecule has 2 aromatic rings. The number of hydrogen-bond donors (Lipinski definition) is 2. The molecule has 2 N–H and O–H groups in total. The molecular formula is C23H31FIN3O4. The molecule has 0 amide bonds. The Hall–Kier alpha value is -2.11. The van der Waals surface area contributed by atoms with E-state index < -0.39 is 0 Å². The van der Waals surface area contributed by atoms with E-state index >= 15 is 0 Å². The summed E-state index contributed by atoms with van der Waals surface area (Å²) < 4.78 is 35.3. The van der Waals surface area contributed by atoms with Gasteiger partial charge >= 0.3 is 0 Å². The third kappa shape index (κ3) is 9.17. The van der Waals surface area contributed by atoms with Crippen LogP contribution in [0.1, 0.15) is 12.0 Å². The summed E-state index contributed by atoms with van der Waals surface area (Å²) in [4.78, 5) is 4.58. The number of nitrogens with zero attached hydrogens (tertiary/aromatic N) is 1. The van der Waals surface area contributed by atoms with Gasteiger partial charge in [0.1, 0.15) is 5.82 Å². The van der Waals surface area contributed by atoms with Gasteiger partial charge in [0.2, 0.25) is 0 Å². The van der Waals surface area contributed by atoms with Crippen molar-refractivity contribution in [1.29, 1.82) is 0 Å². The Morgan fingerprint density at radius 3 is 2.72 bits per heavy atom. The van der Waals surface area contributed by atoms with Gasteiger partial charge in [-0.15, -0.1) is 24.0 Å². The summed E-state index contributed by atoms with van der Waals surface area (Å²) in [6.07, 6.45) is 1.53. The lowest BCUT2D eigenvalue weighted by molar-refractivity contribution is 0.0748. The lowest BCUT2D eigenvalue weighted by Gasteiger charge is -2.15. The van der Waals surface area contributed by atoms with Crippen molar-refractivity contribution < 1.29 is 23.3 Å². The smallest absolute Gasteiger partial charge is 0.195 e. The third-order valence-electron chi connectivity index (χ3n) is 4.54. The van der Waals surface area contributed by atoms with E-state index in [0.29, 0.717) is 64.3 Å². The van der Waals surface area contributed by atoms with Crippen LogP contribution in [0.5, 0.6) is 11.5 Å². The number of halogens is 2. The predicted octanol–water partition coefficient (Wildman–Crippen LogP) is 3.87. The highest BCUT2D eigenvalue weighted by Crippen LogP contribution is 2.32. The van der Waals surface area contributed by atoms with E-state index in [1.165, 1.54) is 6.07 Å². The topological polar surface area (TPSA) is 73.3 Å². The number of aliphatic imine (C=N–C) groups is 1. The van der Waals surface area contributed by atoms with Gasteiger partial charge in [-0.25, -0.2) is 4.39 Å². The van der Waals surface area contributed by atoms with E-state index in [4.69, 9.17) is 18.9 Å². The van der Waals surface area contributed by atoms with Gasteiger partial charge in [0, 0.05) is 31.8 Å². The molecule has 176 valence electrons. The lowest BCUT2D eigenvalue weighted by Crippen LogP contribution is -2.33. The van der Waals surface area contributed by atoms with Crippen molar-refractivity contribution in [3.8, 4) is 11.5 Å². The fraction of sp³-hybridized carbons (Fsp3) is 0.435. The zero-order chi connectivity index (χ0) is 21.7. The summed E-state index contributed by atoms with van der Waals surface area (Å²) in [7, 11) is 1.64. The molecule has 2 aromatic carbocycles. The van der Waals surface area contributed by atoms with E-state index in [0.717, 1.165) is 23.4 Å². The van der Waals surface area contributed by atoms with E-state index in [1.807, 2.05) is 24.3 Å². The monoisotopic (exact) mass is 559 g/mol. The molecule has 0 spiro atoms. The summed E-state index contributed by atoms with van der Waals surface area (Å²) in [5, 5.41) is 6.59. The van der Waals surface area contributed by atoms with Crippen molar-refractivity contribution in [3.05, 3.63) is 53.8 Å². The highest BCUT2D eigenvalue weighted by atomic mass is 127. The van der Waals surface area contributed by atoms with E-state index in [1.54, 1.807) is 19.2 Å². The fourth-order valence-electron chi connectivity index (χ4n) is 3.00. The van der Waals surface area contributed by atoms with Gasteiger partial charge in [0.15, 0.2) is 17.5 Å². The van der Waals surface area contributed by atoms with E-state index in [2.05, 4.69) is 15.6 Å². The average Bonchev–Trinajstić information content (AvgIpc) is 3.01. The second-order valence-electron chi connectivity index (χ2n) is 6.98. The quantitative estimate of drug-likeness (QED) is 0.199. The maximum absolute atomic E-state index is 13.4. The number of hydrogen-bond acceptors (Lipinski definition) is 5. The van der Waals surface area contributed by atoms with Crippen molar-refractivity contribution in [1.82, 2.24) is 5.32 Å². The number of fused-ring (bicyclic) bond motifs is 1. The Kier molecular flexibility index (Phi) is 12.1. The predicted molar refractivity (Wildman–Crippen MR) is 134 cm³/mol. The molecule has 0 saturated carbocycles. The van der Waals surface area contributed by atoms with Crippen LogP contribution in [0.25, 0.3) is 0 Å². The molecule has 0 atom stereocenters. The van der Waals surface area contributed by atoms with Gasteiger partial charge in [-0.1, -0.05) is 12.1 Å². The lowest BCUT2D eigenvalue weighted by atomic mass is 10.1. The van der Waals surface area contributed by atoms with Gasteiger partial charge in [-0.3, -0.25) is 4.99 Å². The van der Waals surface area contributed by atoms with Gasteiger partial charge in [-0.05, 0) is 36.2 Å². The Morgan fingerprint density at radius 2 is 1.91 bits per heavy atom. The number of guanidine groups is 1. The molecule has 1 heterocycles. The number of rotatable bonds is 10. The molecule has 0 unspecified atom stereocenters. The number of anilines is 1. The summed E-state index contributed by atoms with van der Waals surface area (Å²) in [6, 6.07) is 12.3. The molecule has 32 heavy (non-hydrogen) atoms. The summed E-state index contributed by atoms with van der Waals surface area (Å²) >= 11 is 0. The second-order valence-corrected chi connectivity index (χ2v) is 6.98. The summed E-state index contributed by atoms with van der Waals surface area (Å²) in [6.45, 7) is 3.94. The third-order valence-corrected chi connectivity index (χ3v) is 4.54. The first-order valence-corrected chi connectivity index (χ1v) is 10.5. The highest BCUT2D eigenvalue weighted by molar-refractivity contribution is 14.0. The maximum atomic E-state index is 13.4. The van der Waals surface area contributed by atoms with Crippen LogP contribution in [-0.2, 0) is 15.9 Å². The van der Waals surface area contributed by atoms with Crippen LogP contribution >= 0.6 is 24.0 Å². The number of methoxy groups -OCH3 is 1. The van der Waals surface area contributed by atoms with Crippen molar-refractivity contribution in [2.75, 3.05) is 58.6 Å². The SMILES string of the molecule is COCCOCCN=C(NCCc1cccc(F)c1)Nc1ccc2c(c1)OCCCO2.I. The first-order chi connectivity index (χ1) is 15.2. The zero-order valence-corrected chi connectivity index (χ0v) is 20.6. The van der Waals surface area contributed by atoms with Gasteiger partial charge in [-0.2, -0.15) is 0 Å². The Bertz CT molecular complexity index is 854. The second kappa shape index (κ2) is 14.9. The van der Waals surface area contributed by atoms with Crippen LogP contribution < -0.4 is 20.1 Å². The molecule has 3 rings (SSSR count). The molecule has 1 aliphatic heterocycles. The first-order valence-electron chi connectivity index (χ1n) is 10.5. The average molecular weight is 559 g/mol. The largest absolute Gasteiger partial charge is 0.490 e. The molecule has 1 aliphatic rings. The molecule has 0 fully saturated rings. The van der Waals surface area contributed by atoms with Crippen LogP contribution in [0.4, 0.5) is 10.1 Å². The molecule has 0 radical (unpaired) electrons. The maximum Gasteiger partial charge on any atom is 0.195 e. The minimum absolute atomic E-state index is 0. The minimum Gasteiger partial charge on any atom is -0.490 e. The number of benzene rings is 2. The van der Waals surface area contributed by atoms with Gasteiger partial charge in [0.05, 0.1) is 39.6 Å². The molecule has 7 nitrogen and oxygen atoms in total. The summed E-state index contributed by atoms with van der Waals surface area (Å²) in [5.74, 6) is 1.84. The molecule has 0 aliphatic carbocycles. The van der Waals surface area contributed by atoms with Gasteiger partial charge < -0.3 is 29.6 Å². The first kappa shape index (κ1) is 26.1. The standard InChI is InChI=1S/C23H30FN3O4.HI/c1-28-14-15-29-13-10-26-23(25-9-8-18-4-2-5-19(24)16-18)27-20-6-7-21-22(17-20)31-12-3-11-30-21;/h2,4-7,16-17H,3,8-15H2,1H3,(H2,25,26,27);1H. The van der Waals surface area contributed by atoms with Crippen molar-refractivity contribution in [2.45, 2.75) is 12.8 Å². The van der Waals surface area contributed by atoms with Crippen LogP contribution in [0.15, 0.2) is 47.5 Å². The molecule has 0 aromatic heterocycles. The molecular weight excluding hydrogens is 528 g/mol. The van der Waals surface area contributed by atoms with Crippen LogP contribution in [-0.4, -0.2) is 59.2 Å². The van der Waals surface area contributed by atoms with Crippen LogP contribution in [0.2, 0.25) is 0 Å². The molecule has 0 bridgehead atoms. The Morgan fingerprint density at radius 1 is 1.06 bits per heavy atom. The van der Waals surface area contributed by atoms with E-state index in [-0.39, 0.29) is 29.8 Å². The Labute approximate surface area is 205 Å². The molecule has 0 saturated heterocycles. The summed E-state index contributed by atoms with van der Waals surface area (Å²) in [5.41, 5.74) is 1.76. The van der Waals surface area contributed by atoms with Crippen molar-refractivity contribution in [2.24, 2.45) is 4.99 Å². The number of nitrogens with one attached hydrogen (secondary N) is 2.